The lowest BCUT2D eigenvalue weighted by Gasteiger charge is -2.14. The van der Waals surface area contributed by atoms with Crippen molar-refractivity contribution in [2.24, 2.45) is 5.92 Å². The predicted molar refractivity (Wildman–Crippen MR) is 72.4 cm³/mol. The Bertz CT molecular complexity index is 515. The Morgan fingerprint density at radius 1 is 1.37 bits per heavy atom. The fraction of sp³-hybridized carbons (Fsp3) is 0.429. The molecule has 1 amide bonds. The SMILES string of the molecule is Cc1c(Cl)cccc1C(=O)NC1CCC(C(=O)O)C1. The van der Waals surface area contributed by atoms with E-state index in [1.807, 2.05) is 0 Å². The van der Waals surface area contributed by atoms with Gasteiger partial charge in [0.1, 0.15) is 0 Å². The summed E-state index contributed by atoms with van der Waals surface area (Å²) in [6.45, 7) is 1.80. The van der Waals surface area contributed by atoms with Gasteiger partial charge in [-0.2, -0.15) is 0 Å². The van der Waals surface area contributed by atoms with Crippen LogP contribution in [0.5, 0.6) is 0 Å². The van der Waals surface area contributed by atoms with Crippen molar-refractivity contribution >= 4 is 23.5 Å². The average molecular weight is 282 g/mol. The van der Waals surface area contributed by atoms with E-state index in [1.54, 1.807) is 25.1 Å². The van der Waals surface area contributed by atoms with Crippen molar-refractivity contribution in [3.63, 3.8) is 0 Å². The van der Waals surface area contributed by atoms with Crippen molar-refractivity contribution < 1.29 is 14.7 Å². The first-order valence-electron chi connectivity index (χ1n) is 6.28. The van der Waals surface area contributed by atoms with Crippen molar-refractivity contribution in [3.05, 3.63) is 34.3 Å². The molecule has 2 atom stereocenters. The number of hydrogen-bond donors (Lipinski definition) is 2. The smallest absolute Gasteiger partial charge is 0.306 e. The van der Waals surface area contributed by atoms with Crippen LogP contribution in [0.25, 0.3) is 0 Å². The zero-order chi connectivity index (χ0) is 14.0. The number of nitrogens with one attached hydrogen (secondary N) is 1. The van der Waals surface area contributed by atoms with Crippen molar-refractivity contribution in [1.82, 2.24) is 5.32 Å². The number of carbonyl (C=O) groups excluding carboxylic acids is 1. The lowest BCUT2D eigenvalue weighted by atomic mass is 10.1. The molecule has 1 aliphatic rings. The van der Waals surface area contributed by atoms with E-state index in [2.05, 4.69) is 5.32 Å². The van der Waals surface area contributed by atoms with Gasteiger partial charge in [-0.15, -0.1) is 0 Å². The number of hydrogen-bond acceptors (Lipinski definition) is 2. The first kappa shape index (κ1) is 13.9. The third-order valence-corrected chi connectivity index (χ3v) is 4.04. The number of aliphatic carboxylic acids is 1. The minimum absolute atomic E-state index is 0.0630. The van der Waals surface area contributed by atoms with Crippen LogP contribution in [-0.4, -0.2) is 23.0 Å². The highest BCUT2D eigenvalue weighted by Gasteiger charge is 2.30. The number of rotatable bonds is 3. The Morgan fingerprint density at radius 2 is 2.11 bits per heavy atom. The van der Waals surface area contributed by atoms with Gasteiger partial charge in [0, 0.05) is 16.6 Å². The molecule has 1 saturated carbocycles. The van der Waals surface area contributed by atoms with Crippen LogP contribution in [0.4, 0.5) is 0 Å². The van der Waals surface area contributed by atoms with E-state index in [-0.39, 0.29) is 17.9 Å². The number of carboxylic acid groups (broad SMARTS) is 1. The first-order valence-corrected chi connectivity index (χ1v) is 6.65. The van der Waals surface area contributed by atoms with Crippen molar-refractivity contribution in [2.45, 2.75) is 32.2 Å². The molecule has 1 aromatic carbocycles. The number of carbonyl (C=O) groups is 2. The highest BCUT2D eigenvalue weighted by Crippen LogP contribution is 2.26. The molecule has 1 aromatic rings. The molecule has 0 bridgehead atoms. The second-order valence-electron chi connectivity index (χ2n) is 4.93. The Hall–Kier alpha value is -1.55. The van der Waals surface area contributed by atoms with Crippen molar-refractivity contribution in [1.29, 1.82) is 0 Å². The summed E-state index contributed by atoms with van der Waals surface area (Å²) in [6, 6.07) is 5.13. The third-order valence-electron chi connectivity index (χ3n) is 3.63. The Balaban J connectivity index is 2.02. The van der Waals surface area contributed by atoms with Crippen molar-refractivity contribution in [2.75, 3.05) is 0 Å². The molecule has 2 unspecified atom stereocenters. The molecular formula is C14H16ClNO3. The molecule has 5 heteroatoms. The maximum Gasteiger partial charge on any atom is 0.306 e. The fourth-order valence-corrected chi connectivity index (χ4v) is 2.63. The zero-order valence-corrected chi connectivity index (χ0v) is 11.4. The summed E-state index contributed by atoms with van der Waals surface area (Å²) >= 11 is 5.98. The van der Waals surface area contributed by atoms with E-state index in [1.165, 1.54) is 0 Å². The standard InChI is InChI=1S/C14H16ClNO3/c1-8-11(3-2-4-12(8)15)13(17)16-10-6-5-9(7-10)14(18)19/h2-4,9-10H,5-7H2,1H3,(H,16,17)(H,18,19). The lowest BCUT2D eigenvalue weighted by molar-refractivity contribution is -0.141. The van der Waals surface area contributed by atoms with Gasteiger partial charge in [-0.05, 0) is 43.9 Å². The molecule has 1 aliphatic carbocycles. The monoisotopic (exact) mass is 281 g/mol. The van der Waals surface area contributed by atoms with Gasteiger partial charge in [0.2, 0.25) is 0 Å². The van der Waals surface area contributed by atoms with Crippen LogP contribution in [0.15, 0.2) is 18.2 Å². The maximum absolute atomic E-state index is 12.1. The van der Waals surface area contributed by atoms with Crippen LogP contribution in [0, 0.1) is 12.8 Å². The second kappa shape index (κ2) is 5.61. The molecule has 0 aliphatic heterocycles. The maximum atomic E-state index is 12.1. The molecule has 0 spiro atoms. The molecule has 0 aromatic heterocycles. The largest absolute Gasteiger partial charge is 0.481 e. The lowest BCUT2D eigenvalue weighted by Crippen LogP contribution is -2.33. The summed E-state index contributed by atoms with van der Waals surface area (Å²) in [5, 5.41) is 12.4. The fourth-order valence-electron chi connectivity index (χ4n) is 2.45. The van der Waals surface area contributed by atoms with E-state index in [9.17, 15) is 9.59 Å². The van der Waals surface area contributed by atoms with E-state index in [4.69, 9.17) is 16.7 Å². The molecule has 102 valence electrons. The van der Waals surface area contributed by atoms with Gasteiger partial charge < -0.3 is 10.4 Å². The molecule has 2 N–H and O–H groups in total. The molecule has 0 heterocycles. The number of carboxylic acids is 1. The zero-order valence-electron chi connectivity index (χ0n) is 10.6. The molecular weight excluding hydrogens is 266 g/mol. The molecule has 1 fully saturated rings. The highest BCUT2D eigenvalue weighted by molar-refractivity contribution is 6.31. The topological polar surface area (TPSA) is 66.4 Å². The van der Waals surface area contributed by atoms with E-state index >= 15 is 0 Å². The Labute approximate surface area is 116 Å². The Kier molecular flexibility index (Phi) is 4.10. The van der Waals surface area contributed by atoms with E-state index < -0.39 is 5.97 Å². The van der Waals surface area contributed by atoms with Gasteiger partial charge in [0.05, 0.1) is 5.92 Å². The summed E-state index contributed by atoms with van der Waals surface area (Å²) in [6.07, 6.45) is 1.83. The van der Waals surface area contributed by atoms with Gasteiger partial charge in [-0.1, -0.05) is 17.7 Å². The summed E-state index contributed by atoms with van der Waals surface area (Å²) in [5.74, 6) is -1.31. The summed E-state index contributed by atoms with van der Waals surface area (Å²) in [5.41, 5.74) is 1.29. The van der Waals surface area contributed by atoms with Gasteiger partial charge >= 0.3 is 5.97 Å². The van der Waals surface area contributed by atoms with Crippen LogP contribution in [-0.2, 0) is 4.79 Å². The summed E-state index contributed by atoms with van der Waals surface area (Å²) in [7, 11) is 0. The van der Waals surface area contributed by atoms with Gasteiger partial charge in [-0.25, -0.2) is 0 Å². The summed E-state index contributed by atoms with van der Waals surface area (Å²) < 4.78 is 0. The quantitative estimate of drug-likeness (QED) is 0.895. The van der Waals surface area contributed by atoms with Gasteiger partial charge in [0.15, 0.2) is 0 Å². The van der Waals surface area contributed by atoms with Crippen LogP contribution in [0.3, 0.4) is 0 Å². The van der Waals surface area contributed by atoms with E-state index in [0.717, 1.165) is 5.56 Å². The average Bonchev–Trinajstić information content (AvgIpc) is 2.81. The van der Waals surface area contributed by atoms with Crippen LogP contribution in [0.1, 0.15) is 35.2 Å². The van der Waals surface area contributed by atoms with Gasteiger partial charge in [-0.3, -0.25) is 9.59 Å². The molecule has 19 heavy (non-hydrogen) atoms. The molecule has 0 radical (unpaired) electrons. The minimum Gasteiger partial charge on any atom is -0.481 e. The molecule has 4 nitrogen and oxygen atoms in total. The third kappa shape index (κ3) is 3.07. The van der Waals surface area contributed by atoms with Crippen LogP contribution in [0.2, 0.25) is 5.02 Å². The Morgan fingerprint density at radius 3 is 2.74 bits per heavy atom. The summed E-state index contributed by atoms with van der Waals surface area (Å²) in [4.78, 5) is 23.0. The highest BCUT2D eigenvalue weighted by atomic mass is 35.5. The van der Waals surface area contributed by atoms with Crippen molar-refractivity contribution in [3.8, 4) is 0 Å². The number of benzene rings is 1. The second-order valence-corrected chi connectivity index (χ2v) is 5.34. The molecule has 0 saturated heterocycles. The molecule has 2 rings (SSSR count). The predicted octanol–water partition coefficient (Wildman–Crippen LogP) is 2.63. The normalized spacial score (nSPS) is 22.2. The van der Waals surface area contributed by atoms with Gasteiger partial charge in [0.25, 0.3) is 5.91 Å². The first-order chi connectivity index (χ1) is 8.99. The number of amides is 1. The number of halogens is 1. The minimum atomic E-state index is -0.782. The van der Waals surface area contributed by atoms with Crippen LogP contribution >= 0.6 is 11.6 Å². The van der Waals surface area contributed by atoms with E-state index in [0.29, 0.717) is 29.8 Å². The van der Waals surface area contributed by atoms with Crippen LogP contribution < -0.4 is 5.32 Å².